The molecule has 2 aromatic rings. The number of halogens is 1. The fourth-order valence-corrected chi connectivity index (χ4v) is 2.51. The molecule has 2 rings (SSSR count). The van der Waals surface area contributed by atoms with E-state index in [1.54, 1.807) is 11.3 Å². The maximum atomic E-state index is 11.9. The highest BCUT2D eigenvalue weighted by molar-refractivity contribution is 14.1. The van der Waals surface area contributed by atoms with Crippen molar-refractivity contribution in [3.63, 3.8) is 0 Å². The molecule has 1 nitrogen and oxygen atoms in total. The van der Waals surface area contributed by atoms with E-state index in [0.29, 0.717) is 0 Å². The van der Waals surface area contributed by atoms with E-state index in [9.17, 15) is 4.79 Å². The Kier molecular flexibility index (Phi) is 2.98. The molecule has 0 aliphatic rings. The Labute approximate surface area is 99.9 Å². The normalized spacial score (nSPS) is 10.1. The fraction of sp³-hybridized carbons (Fsp3) is 0. The number of thiophene rings is 1. The molecule has 1 heterocycles. The van der Waals surface area contributed by atoms with Crippen molar-refractivity contribution in [2.24, 2.45) is 0 Å². The number of rotatable bonds is 2. The Morgan fingerprint density at radius 1 is 1.14 bits per heavy atom. The van der Waals surface area contributed by atoms with E-state index in [-0.39, 0.29) is 5.78 Å². The molecule has 0 bridgehead atoms. The van der Waals surface area contributed by atoms with Crippen LogP contribution in [0.5, 0.6) is 0 Å². The van der Waals surface area contributed by atoms with E-state index in [0.717, 1.165) is 14.0 Å². The van der Waals surface area contributed by atoms with Gasteiger partial charge >= 0.3 is 0 Å². The van der Waals surface area contributed by atoms with Crippen LogP contribution in [-0.2, 0) is 0 Å². The highest BCUT2D eigenvalue weighted by Crippen LogP contribution is 2.19. The van der Waals surface area contributed by atoms with Crippen LogP contribution < -0.4 is 0 Å². The number of hydrogen-bond donors (Lipinski definition) is 0. The summed E-state index contributed by atoms with van der Waals surface area (Å²) < 4.78 is 1.14. The molecular formula is C11H7IOS. The molecule has 0 saturated carbocycles. The first-order valence-electron chi connectivity index (χ1n) is 4.11. The van der Waals surface area contributed by atoms with Crippen molar-refractivity contribution in [3.8, 4) is 0 Å². The first-order chi connectivity index (χ1) is 6.77. The highest BCUT2D eigenvalue weighted by Gasteiger charge is 2.09. The molecule has 0 radical (unpaired) electrons. The topological polar surface area (TPSA) is 17.1 Å². The zero-order chi connectivity index (χ0) is 9.97. The minimum absolute atomic E-state index is 0.102. The molecule has 0 aliphatic carbocycles. The number of carbonyl (C=O) groups is 1. The van der Waals surface area contributed by atoms with Gasteiger partial charge in [0.25, 0.3) is 0 Å². The Hall–Kier alpha value is -0.680. The van der Waals surface area contributed by atoms with Gasteiger partial charge in [-0.1, -0.05) is 30.3 Å². The van der Waals surface area contributed by atoms with Crippen molar-refractivity contribution >= 4 is 39.7 Å². The molecule has 0 N–H and O–H groups in total. The summed E-state index contributed by atoms with van der Waals surface area (Å²) in [4.78, 5) is 11.9. The molecule has 70 valence electrons. The number of carbonyl (C=O) groups excluding carboxylic acids is 1. The molecule has 0 aliphatic heterocycles. The first-order valence-corrected chi connectivity index (χ1v) is 6.07. The van der Waals surface area contributed by atoms with Crippen LogP contribution in [0.1, 0.15) is 15.9 Å². The molecule has 3 heteroatoms. The van der Waals surface area contributed by atoms with Gasteiger partial charge < -0.3 is 0 Å². The average molecular weight is 314 g/mol. The average Bonchev–Trinajstić information content (AvgIpc) is 2.65. The summed E-state index contributed by atoms with van der Waals surface area (Å²) in [6.45, 7) is 0. The quantitative estimate of drug-likeness (QED) is 0.612. The molecule has 0 spiro atoms. The van der Waals surface area contributed by atoms with Gasteiger partial charge in [0.15, 0.2) is 5.78 Å². The molecule has 1 aromatic carbocycles. The molecule has 0 amide bonds. The Bertz CT molecular complexity index is 447. The van der Waals surface area contributed by atoms with Gasteiger partial charge in [0.2, 0.25) is 0 Å². The molecule has 14 heavy (non-hydrogen) atoms. The summed E-state index contributed by atoms with van der Waals surface area (Å²) >= 11 is 3.81. The van der Waals surface area contributed by atoms with E-state index in [2.05, 4.69) is 22.6 Å². The van der Waals surface area contributed by atoms with E-state index in [4.69, 9.17) is 0 Å². The summed E-state index contributed by atoms with van der Waals surface area (Å²) in [6.07, 6.45) is 0. The maximum Gasteiger partial charge on any atom is 0.193 e. The van der Waals surface area contributed by atoms with Crippen molar-refractivity contribution < 1.29 is 4.79 Å². The van der Waals surface area contributed by atoms with Crippen LogP contribution in [0.4, 0.5) is 0 Å². The van der Waals surface area contributed by atoms with Crippen molar-refractivity contribution in [1.29, 1.82) is 0 Å². The third-order valence-corrected chi connectivity index (χ3v) is 3.65. The fourth-order valence-electron chi connectivity index (χ4n) is 1.19. The predicted octanol–water partition coefficient (Wildman–Crippen LogP) is 3.58. The minimum atomic E-state index is 0.102. The molecular weight excluding hydrogens is 307 g/mol. The van der Waals surface area contributed by atoms with Gasteiger partial charge in [-0.05, 0) is 28.7 Å². The van der Waals surface area contributed by atoms with Gasteiger partial charge in [-0.25, -0.2) is 0 Å². The largest absolute Gasteiger partial charge is 0.289 e. The lowest BCUT2D eigenvalue weighted by atomic mass is 10.1. The molecule has 0 saturated heterocycles. The standard InChI is InChI=1S/C11H7IOS/c12-10-6-9(7-14-10)11(13)8-4-2-1-3-5-8/h1-7H. The van der Waals surface area contributed by atoms with Crippen LogP contribution >= 0.6 is 33.9 Å². The molecule has 0 unspecified atom stereocenters. The van der Waals surface area contributed by atoms with Crippen molar-refractivity contribution in [2.45, 2.75) is 0 Å². The number of benzene rings is 1. The van der Waals surface area contributed by atoms with Gasteiger partial charge in [0.05, 0.1) is 2.88 Å². The van der Waals surface area contributed by atoms with Crippen LogP contribution in [0.25, 0.3) is 0 Å². The summed E-state index contributed by atoms with van der Waals surface area (Å²) in [7, 11) is 0. The van der Waals surface area contributed by atoms with Crippen molar-refractivity contribution in [2.75, 3.05) is 0 Å². The lowest BCUT2D eigenvalue weighted by Gasteiger charge is -1.96. The Balaban J connectivity index is 2.34. The maximum absolute atomic E-state index is 11.9. The van der Waals surface area contributed by atoms with Gasteiger partial charge in [-0.15, -0.1) is 11.3 Å². The third kappa shape index (κ3) is 2.04. The van der Waals surface area contributed by atoms with Crippen molar-refractivity contribution in [1.82, 2.24) is 0 Å². The SMILES string of the molecule is O=C(c1ccccc1)c1csc(I)c1. The second-order valence-electron chi connectivity index (χ2n) is 2.83. The number of ketones is 1. The molecule has 1 aromatic heterocycles. The zero-order valence-corrected chi connectivity index (χ0v) is 10.2. The predicted molar refractivity (Wildman–Crippen MR) is 66.9 cm³/mol. The van der Waals surface area contributed by atoms with E-state index in [1.165, 1.54) is 0 Å². The van der Waals surface area contributed by atoms with E-state index in [1.807, 2.05) is 41.8 Å². The third-order valence-electron chi connectivity index (χ3n) is 1.87. The summed E-state index contributed by atoms with van der Waals surface area (Å²) in [6, 6.07) is 11.3. The van der Waals surface area contributed by atoms with Crippen LogP contribution in [0.2, 0.25) is 0 Å². The van der Waals surface area contributed by atoms with Gasteiger partial charge in [-0.2, -0.15) is 0 Å². The summed E-state index contributed by atoms with van der Waals surface area (Å²) in [5.74, 6) is 0.102. The van der Waals surface area contributed by atoms with Crippen LogP contribution in [0.15, 0.2) is 41.8 Å². The van der Waals surface area contributed by atoms with E-state index >= 15 is 0 Å². The van der Waals surface area contributed by atoms with Crippen molar-refractivity contribution in [3.05, 3.63) is 55.8 Å². The Morgan fingerprint density at radius 2 is 1.86 bits per heavy atom. The highest BCUT2D eigenvalue weighted by atomic mass is 127. The monoisotopic (exact) mass is 314 g/mol. The van der Waals surface area contributed by atoms with Gasteiger partial charge in [0.1, 0.15) is 0 Å². The van der Waals surface area contributed by atoms with Crippen LogP contribution in [-0.4, -0.2) is 5.78 Å². The second-order valence-corrected chi connectivity index (χ2v) is 5.64. The summed E-state index contributed by atoms with van der Waals surface area (Å²) in [5.41, 5.74) is 1.53. The lowest BCUT2D eigenvalue weighted by molar-refractivity contribution is 0.103. The van der Waals surface area contributed by atoms with E-state index < -0.39 is 0 Å². The number of hydrogen-bond acceptors (Lipinski definition) is 2. The molecule has 0 fully saturated rings. The zero-order valence-electron chi connectivity index (χ0n) is 7.24. The Morgan fingerprint density at radius 3 is 2.43 bits per heavy atom. The van der Waals surface area contributed by atoms with Gasteiger partial charge in [-0.3, -0.25) is 4.79 Å². The molecule has 0 atom stereocenters. The first kappa shape index (κ1) is 9.86. The summed E-state index contributed by atoms with van der Waals surface area (Å²) in [5, 5.41) is 1.90. The smallest absolute Gasteiger partial charge is 0.193 e. The van der Waals surface area contributed by atoms with Crippen LogP contribution in [0.3, 0.4) is 0 Å². The van der Waals surface area contributed by atoms with Crippen LogP contribution in [0, 0.1) is 2.88 Å². The minimum Gasteiger partial charge on any atom is -0.289 e. The second kappa shape index (κ2) is 4.23. The lowest BCUT2D eigenvalue weighted by Crippen LogP contribution is -1.98. The van der Waals surface area contributed by atoms with Gasteiger partial charge in [0, 0.05) is 16.5 Å².